The number of ether oxygens (including phenoxy) is 1. The SMILES string of the molecule is Cc1cc(OCCCCc2nc(CCl)cs2)ccc1Br. The van der Waals surface area contributed by atoms with Gasteiger partial charge in [-0.05, 0) is 49.9 Å². The Bertz CT molecular complexity index is 559. The normalized spacial score (nSPS) is 10.8. The van der Waals surface area contributed by atoms with Gasteiger partial charge in [-0.15, -0.1) is 22.9 Å². The van der Waals surface area contributed by atoms with Gasteiger partial charge >= 0.3 is 0 Å². The van der Waals surface area contributed by atoms with E-state index < -0.39 is 0 Å². The monoisotopic (exact) mass is 373 g/mol. The van der Waals surface area contributed by atoms with Crippen molar-refractivity contribution in [2.24, 2.45) is 0 Å². The highest BCUT2D eigenvalue weighted by atomic mass is 79.9. The first kappa shape index (κ1) is 15.8. The zero-order chi connectivity index (χ0) is 14.4. The molecule has 108 valence electrons. The highest BCUT2D eigenvalue weighted by Crippen LogP contribution is 2.22. The van der Waals surface area contributed by atoms with Gasteiger partial charge in [0.1, 0.15) is 5.75 Å². The molecule has 2 rings (SSSR count). The summed E-state index contributed by atoms with van der Waals surface area (Å²) < 4.78 is 6.86. The number of rotatable bonds is 7. The molecule has 0 radical (unpaired) electrons. The van der Waals surface area contributed by atoms with Crippen molar-refractivity contribution in [3.8, 4) is 5.75 Å². The molecule has 0 amide bonds. The topological polar surface area (TPSA) is 22.1 Å². The minimum Gasteiger partial charge on any atom is -0.494 e. The van der Waals surface area contributed by atoms with Crippen LogP contribution in [0, 0.1) is 6.92 Å². The standard InChI is InChI=1S/C15H17BrClNOS/c1-11-8-13(5-6-14(11)16)19-7-3-2-4-15-18-12(9-17)10-20-15/h5-6,8,10H,2-4,7,9H2,1H3. The molecule has 5 heteroatoms. The third-order valence-electron chi connectivity index (χ3n) is 2.92. The largest absolute Gasteiger partial charge is 0.494 e. The highest BCUT2D eigenvalue weighted by Gasteiger charge is 2.02. The van der Waals surface area contributed by atoms with Gasteiger partial charge in [0.05, 0.1) is 23.2 Å². The first-order valence-corrected chi connectivity index (χ1v) is 8.78. The highest BCUT2D eigenvalue weighted by molar-refractivity contribution is 9.10. The molecule has 0 atom stereocenters. The van der Waals surface area contributed by atoms with Crippen molar-refractivity contribution in [3.63, 3.8) is 0 Å². The number of thiazole rings is 1. The van der Waals surface area contributed by atoms with Crippen molar-refractivity contribution < 1.29 is 4.74 Å². The van der Waals surface area contributed by atoms with Gasteiger partial charge in [-0.25, -0.2) is 4.98 Å². The lowest BCUT2D eigenvalue weighted by molar-refractivity contribution is 0.306. The zero-order valence-corrected chi connectivity index (χ0v) is 14.5. The van der Waals surface area contributed by atoms with Crippen molar-refractivity contribution in [3.05, 3.63) is 44.3 Å². The molecule has 0 spiro atoms. The minimum atomic E-state index is 0.503. The third kappa shape index (κ3) is 4.76. The summed E-state index contributed by atoms with van der Waals surface area (Å²) in [6, 6.07) is 6.07. The molecular weight excluding hydrogens is 358 g/mol. The smallest absolute Gasteiger partial charge is 0.119 e. The molecule has 0 aliphatic heterocycles. The maximum atomic E-state index is 5.75. The quantitative estimate of drug-likeness (QED) is 0.481. The lowest BCUT2D eigenvalue weighted by Gasteiger charge is -2.07. The van der Waals surface area contributed by atoms with Gasteiger partial charge in [-0.2, -0.15) is 0 Å². The zero-order valence-electron chi connectivity index (χ0n) is 11.4. The summed E-state index contributed by atoms with van der Waals surface area (Å²) >= 11 is 10.9. The first-order chi connectivity index (χ1) is 9.69. The second-order valence-corrected chi connectivity index (χ2v) is 6.65. The van der Waals surface area contributed by atoms with Crippen molar-refractivity contribution in [1.82, 2.24) is 4.98 Å². The van der Waals surface area contributed by atoms with Crippen LogP contribution in [0.5, 0.6) is 5.75 Å². The molecule has 1 aromatic carbocycles. The first-order valence-electron chi connectivity index (χ1n) is 6.57. The molecule has 2 aromatic rings. The number of hydrogen-bond acceptors (Lipinski definition) is 3. The van der Waals surface area contributed by atoms with Crippen LogP contribution in [-0.2, 0) is 12.3 Å². The van der Waals surface area contributed by atoms with Gasteiger partial charge in [0, 0.05) is 9.85 Å². The van der Waals surface area contributed by atoms with Crippen LogP contribution in [0.4, 0.5) is 0 Å². The molecule has 0 aliphatic rings. The molecule has 0 aliphatic carbocycles. The third-order valence-corrected chi connectivity index (χ3v) is 5.04. The van der Waals surface area contributed by atoms with E-state index in [1.165, 1.54) is 10.6 Å². The van der Waals surface area contributed by atoms with E-state index >= 15 is 0 Å². The number of halogens is 2. The van der Waals surface area contributed by atoms with E-state index in [4.69, 9.17) is 16.3 Å². The van der Waals surface area contributed by atoms with E-state index in [1.54, 1.807) is 11.3 Å². The fourth-order valence-corrected chi connectivity index (χ4v) is 3.12. The Labute approximate surface area is 137 Å². The van der Waals surface area contributed by atoms with Crippen LogP contribution in [0.1, 0.15) is 29.1 Å². The molecule has 0 bridgehead atoms. The fourth-order valence-electron chi connectivity index (χ4n) is 1.80. The number of unbranched alkanes of at least 4 members (excludes halogenated alkanes) is 1. The van der Waals surface area contributed by atoms with Gasteiger partial charge in [0.25, 0.3) is 0 Å². The number of alkyl halides is 1. The Hall–Kier alpha value is -0.580. The van der Waals surface area contributed by atoms with Gasteiger partial charge in [-0.1, -0.05) is 15.9 Å². The fraction of sp³-hybridized carbons (Fsp3) is 0.400. The molecule has 0 saturated carbocycles. The van der Waals surface area contributed by atoms with Gasteiger partial charge in [0.2, 0.25) is 0 Å². The molecule has 0 saturated heterocycles. The molecule has 0 fully saturated rings. The van der Waals surface area contributed by atoms with Crippen molar-refractivity contribution in [2.75, 3.05) is 6.61 Å². The van der Waals surface area contributed by atoms with Gasteiger partial charge < -0.3 is 4.74 Å². The van der Waals surface area contributed by atoms with E-state index in [1.807, 2.05) is 17.5 Å². The second-order valence-electron chi connectivity index (χ2n) is 4.58. The molecule has 2 nitrogen and oxygen atoms in total. The Morgan fingerprint density at radius 1 is 1.35 bits per heavy atom. The van der Waals surface area contributed by atoms with Crippen LogP contribution in [0.2, 0.25) is 0 Å². The maximum absolute atomic E-state index is 5.75. The second kappa shape index (κ2) is 8.01. The van der Waals surface area contributed by atoms with Crippen LogP contribution in [-0.4, -0.2) is 11.6 Å². The average Bonchev–Trinajstić information content (AvgIpc) is 2.90. The van der Waals surface area contributed by atoms with Crippen molar-refractivity contribution >= 4 is 38.9 Å². The summed E-state index contributed by atoms with van der Waals surface area (Å²) in [5.74, 6) is 1.44. The number of hydrogen-bond donors (Lipinski definition) is 0. The van der Waals surface area contributed by atoms with Gasteiger partial charge in [0.15, 0.2) is 0 Å². The molecule has 20 heavy (non-hydrogen) atoms. The molecular formula is C15H17BrClNOS. The summed E-state index contributed by atoms with van der Waals surface area (Å²) in [7, 11) is 0. The Morgan fingerprint density at radius 2 is 2.20 bits per heavy atom. The summed E-state index contributed by atoms with van der Waals surface area (Å²) in [5.41, 5.74) is 2.17. The predicted octanol–water partition coefficient (Wildman–Crippen LogP) is 5.35. The Kier molecular flexibility index (Phi) is 6.33. The lowest BCUT2D eigenvalue weighted by Crippen LogP contribution is -1.98. The van der Waals surface area contributed by atoms with Crippen LogP contribution < -0.4 is 4.74 Å². The van der Waals surface area contributed by atoms with Gasteiger partial charge in [-0.3, -0.25) is 0 Å². The van der Waals surface area contributed by atoms with Crippen LogP contribution in [0.3, 0.4) is 0 Å². The average molecular weight is 375 g/mol. The van der Waals surface area contributed by atoms with E-state index in [0.717, 1.165) is 41.8 Å². The van der Waals surface area contributed by atoms with E-state index in [2.05, 4.69) is 33.9 Å². The maximum Gasteiger partial charge on any atom is 0.119 e. The summed E-state index contributed by atoms with van der Waals surface area (Å²) in [6.45, 7) is 2.81. The molecule has 1 heterocycles. The number of benzene rings is 1. The van der Waals surface area contributed by atoms with Crippen LogP contribution in [0.15, 0.2) is 28.1 Å². The lowest BCUT2D eigenvalue weighted by atomic mass is 10.2. The van der Waals surface area contributed by atoms with Crippen LogP contribution >= 0.6 is 38.9 Å². The molecule has 0 N–H and O–H groups in total. The predicted molar refractivity (Wildman–Crippen MR) is 89.0 cm³/mol. The summed E-state index contributed by atoms with van der Waals surface area (Å²) in [5, 5.41) is 3.20. The molecule has 0 unspecified atom stereocenters. The minimum absolute atomic E-state index is 0.503. The van der Waals surface area contributed by atoms with E-state index in [9.17, 15) is 0 Å². The number of aryl methyl sites for hydroxylation is 2. The number of aromatic nitrogens is 1. The van der Waals surface area contributed by atoms with Crippen molar-refractivity contribution in [2.45, 2.75) is 32.1 Å². The van der Waals surface area contributed by atoms with E-state index in [0.29, 0.717) is 5.88 Å². The molecule has 1 aromatic heterocycles. The van der Waals surface area contributed by atoms with Crippen LogP contribution in [0.25, 0.3) is 0 Å². The Balaban J connectivity index is 1.67. The van der Waals surface area contributed by atoms with Crippen molar-refractivity contribution in [1.29, 1.82) is 0 Å². The van der Waals surface area contributed by atoms with E-state index in [-0.39, 0.29) is 0 Å². The number of nitrogens with zero attached hydrogens (tertiary/aromatic N) is 1. The Morgan fingerprint density at radius 3 is 2.90 bits per heavy atom. The summed E-state index contributed by atoms with van der Waals surface area (Å²) in [6.07, 6.45) is 3.12. The summed E-state index contributed by atoms with van der Waals surface area (Å²) in [4.78, 5) is 4.45.